The second-order valence-corrected chi connectivity index (χ2v) is 10.9. The van der Waals surface area contributed by atoms with Crippen molar-refractivity contribution < 1.29 is 19.1 Å². The van der Waals surface area contributed by atoms with Crippen molar-refractivity contribution in [2.75, 3.05) is 33.3 Å². The van der Waals surface area contributed by atoms with E-state index in [2.05, 4.69) is 17.1 Å². The molecule has 2 fully saturated rings. The zero-order valence-corrected chi connectivity index (χ0v) is 22.8. The largest absolute Gasteiger partial charge is 0.497 e. The molecule has 8 nitrogen and oxygen atoms in total. The molecular formula is C32H32N4O4. The maximum atomic E-state index is 13.7. The highest BCUT2D eigenvalue weighted by molar-refractivity contribution is 5.99. The van der Waals surface area contributed by atoms with Crippen molar-refractivity contribution in [1.29, 1.82) is 5.26 Å². The number of carbonyl (C=O) groups excluding carboxylic acids is 2. The highest BCUT2D eigenvalue weighted by atomic mass is 16.5. The number of aromatic nitrogens is 1. The number of hydrogen-bond donors (Lipinski definition) is 0. The highest BCUT2D eigenvalue weighted by Crippen LogP contribution is 2.44. The van der Waals surface area contributed by atoms with Crippen LogP contribution < -0.4 is 9.47 Å². The number of nitrogens with zero attached hydrogens (tertiary/aromatic N) is 4. The van der Waals surface area contributed by atoms with Crippen molar-refractivity contribution in [2.45, 2.75) is 43.6 Å². The van der Waals surface area contributed by atoms with E-state index in [-0.39, 0.29) is 29.5 Å². The molecule has 40 heavy (non-hydrogen) atoms. The predicted octanol–water partition coefficient (Wildman–Crippen LogP) is 4.49. The van der Waals surface area contributed by atoms with Gasteiger partial charge in [0.25, 0.3) is 11.8 Å². The average Bonchev–Trinajstić information content (AvgIpc) is 3.38. The van der Waals surface area contributed by atoms with Crippen LogP contribution in [0.25, 0.3) is 0 Å². The molecule has 0 N–H and O–H groups in total. The minimum absolute atomic E-state index is 0.110. The van der Waals surface area contributed by atoms with Crippen LogP contribution in [0.15, 0.2) is 60.8 Å². The molecule has 0 bridgehead atoms. The first-order valence-corrected chi connectivity index (χ1v) is 13.8. The van der Waals surface area contributed by atoms with Crippen LogP contribution in [0.4, 0.5) is 0 Å². The molecule has 204 valence electrons. The number of amides is 2. The Morgan fingerprint density at radius 1 is 1.05 bits per heavy atom. The fraction of sp³-hybridized carbons (Fsp3) is 0.375. The number of aryl methyl sites for hydroxylation is 1. The molecule has 2 atom stereocenters. The summed E-state index contributed by atoms with van der Waals surface area (Å²) < 4.78 is 11.6. The van der Waals surface area contributed by atoms with Crippen LogP contribution in [0.3, 0.4) is 0 Å². The molecule has 8 heteroatoms. The topological polar surface area (TPSA) is 95.8 Å². The van der Waals surface area contributed by atoms with Gasteiger partial charge in [0.1, 0.15) is 23.3 Å². The Labute approximate surface area is 234 Å². The molecule has 2 amide bonds. The van der Waals surface area contributed by atoms with E-state index in [0.29, 0.717) is 44.6 Å². The van der Waals surface area contributed by atoms with Gasteiger partial charge >= 0.3 is 0 Å². The highest BCUT2D eigenvalue weighted by Gasteiger charge is 2.41. The molecule has 2 aromatic carbocycles. The fourth-order valence-electron chi connectivity index (χ4n) is 6.31. The van der Waals surface area contributed by atoms with Gasteiger partial charge in [-0.3, -0.25) is 14.6 Å². The number of piperidine rings is 2. The lowest BCUT2D eigenvalue weighted by molar-refractivity contribution is 0.0543. The van der Waals surface area contributed by atoms with Gasteiger partial charge in [-0.15, -0.1) is 0 Å². The van der Waals surface area contributed by atoms with E-state index in [1.165, 1.54) is 5.56 Å². The Morgan fingerprint density at radius 2 is 1.82 bits per heavy atom. The van der Waals surface area contributed by atoms with Gasteiger partial charge in [0.15, 0.2) is 0 Å². The number of fused-ring (bicyclic) bond motifs is 3. The van der Waals surface area contributed by atoms with E-state index in [1.54, 1.807) is 24.3 Å². The van der Waals surface area contributed by atoms with E-state index >= 15 is 0 Å². The second kappa shape index (κ2) is 10.3. The lowest BCUT2D eigenvalue weighted by Gasteiger charge is -2.37. The van der Waals surface area contributed by atoms with Crippen LogP contribution in [0.5, 0.6) is 11.5 Å². The Hall–Kier alpha value is -4.38. The van der Waals surface area contributed by atoms with E-state index in [9.17, 15) is 14.9 Å². The Bertz CT molecular complexity index is 1490. The van der Waals surface area contributed by atoms with Crippen LogP contribution in [-0.2, 0) is 5.41 Å². The molecule has 2 unspecified atom stereocenters. The summed E-state index contributed by atoms with van der Waals surface area (Å²) in [5.41, 5.74) is 3.03. The van der Waals surface area contributed by atoms with E-state index in [0.717, 1.165) is 29.0 Å². The average molecular weight is 537 g/mol. The van der Waals surface area contributed by atoms with Gasteiger partial charge in [0.2, 0.25) is 0 Å². The van der Waals surface area contributed by atoms with Gasteiger partial charge in [-0.1, -0.05) is 36.4 Å². The molecule has 3 aliphatic rings. The van der Waals surface area contributed by atoms with Gasteiger partial charge < -0.3 is 19.3 Å². The fourth-order valence-corrected chi connectivity index (χ4v) is 6.31. The van der Waals surface area contributed by atoms with Gasteiger partial charge in [0.05, 0.1) is 25.1 Å². The van der Waals surface area contributed by atoms with Crippen LogP contribution in [-0.4, -0.2) is 66.0 Å². The Balaban J connectivity index is 1.15. The van der Waals surface area contributed by atoms with Gasteiger partial charge in [-0.05, 0) is 49.4 Å². The summed E-state index contributed by atoms with van der Waals surface area (Å²) >= 11 is 0. The molecular weight excluding hydrogens is 504 g/mol. The Kier molecular flexibility index (Phi) is 6.67. The normalized spacial score (nSPS) is 21.0. The standard InChI is InChI=1S/C32H32N4O4/c1-21-18-34-27(31(38)35-14-11-32(20-33,12-15-35)22-6-4-3-5-7-22)17-26(21)30(37)36-13-10-25-24-9-8-23(39-2)16-28(24)40-29(25)19-36/h3-9,16-18,25,29H,10-15,19H2,1-2H3. The first-order chi connectivity index (χ1) is 19.4. The van der Waals surface area contributed by atoms with Gasteiger partial charge in [0, 0.05) is 48.9 Å². The maximum absolute atomic E-state index is 13.7. The number of benzene rings is 2. The lowest BCUT2D eigenvalue weighted by atomic mass is 9.74. The minimum Gasteiger partial charge on any atom is -0.497 e. The molecule has 3 aliphatic heterocycles. The molecule has 6 rings (SSSR count). The van der Waals surface area contributed by atoms with Crippen molar-refractivity contribution in [3.05, 3.63) is 88.7 Å². The number of nitriles is 1. The summed E-state index contributed by atoms with van der Waals surface area (Å²) in [7, 11) is 1.63. The molecule has 0 aliphatic carbocycles. The summed E-state index contributed by atoms with van der Waals surface area (Å²) in [5.74, 6) is 1.50. The van der Waals surface area contributed by atoms with E-state index < -0.39 is 5.41 Å². The Morgan fingerprint density at radius 3 is 2.55 bits per heavy atom. The zero-order chi connectivity index (χ0) is 27.9. The third-order valence-corrected chi connectivity index (χ3v) is 8.74. The van der Waals surface area contributed by atoms with E-state index in [1.807, 2.05) is 54.3 Å². The van der Waals surface area contributed by atoms with Gasteiger partial charge in [-0.25, -0.2) is 0 Å². The van der Waals surface area contributed by atoms with E-state index in [4.69, 9.17) is 9.47 Å². The summed E-state index contributed by atoms with van der Waals surface area (Å²) in [6, 6.07) is 19.8. The first-order valence-electron chi connectivity index (χ1n) is 13.8. The summed E-state index contributed by atoms with van der Waals surface area (Å²) in [6.45, 7) is 3.85. The third-order valence-electron chi connectivity index (χ3n) is 8.74. The van der Waals surface area contributed by atoms with Crippen LogP contribution in [0.2, 0.25) is 0 Å². The molecule has 0 spiro atoms. The number of ether oxygens (including phenoxy) is 2. The monoisotopic (exact) mass is 536 g/mol. The quantitative estimate of drug-likeness (QED) is 0.488. The van der Waals surface area contributed by atoms with Crippen molar-refractivity contribution >= 4 is 11.8 Å². The van der Waals surface area contributed by atoms with Crippen molar-refractivity contribution in [3.63, 3.8) is 0 Å². The molecule has 1 aromatic heterocycles. The summed E-state index contributed by atoms with van der Waals surface area (Å²) in [5, 5.41) is 10.00. The summed E-state index contributed by atoms with van der Waals surface area (Å²) in [6.07, 6.45) is 3.42. The molecule has 0 saturated carbocycles. The van der Waals surface area contributed by atoms with Crippen LogP contribution in [0.1, 0.15) is 62.7 Å². The number of rotatable bonds is 4. The number of methoxy groups -OCH3 is 1. The summed E-state index contributed by atoms with van der Waals surface area (Å²) in [4.78, 5) is 35.1. The van der Waals surface area contributed by atoms with Crippen LogP contribution in [0, 0.1) is 18.3 Å². The second-order valence-electron chi connectivity index (χ2n) is 10.9. The van der Waals surface area contributed by atoms with Gasteiger partial charge in [-0.2, -0.15) is 5.26 Å². The van der Waals surface area contributed by atoms with Crippen molar-refractivity contribution in [3.8, 4) is 17.6 Å². The van der Waals surface area contributed by atoms with Crippen LogP contribution >= 0.6 is 0 Å². The number of hydrogen-bond acceptors (Lipinski definition) is 6. The maximum Gasteiger partial charge on any atom is 0.272 e. The van der Waals surface area contributed by atoms with Crippen molar-refractivity contribution in [1.82, 2.24) is 14.8 Å². The number of likely N-dealkylation sites (tertiary alicyclic amines) is 2. The third kappa shape index (κ3) is 4.45. The predicted molar refractivity (Wildman–Crippen MR) is 149 cm³/mol. The SMILES string of the molecule is COc1ccc2c(c1)OC1CN(C(=O)c3cc(C(=O)N4CCC(C#N)(c5ccccc5)CC4)ncc3C)CCC21. The molecule has 2 saturated heterocycles. The number of carbonyl (C=O) groups is 2. The zero-order valence-electron chi connectivity index (χ0n) is 22.8. The number of pyridine rings is 1. The molecule has 3 aromatic rings. The molecule has 4 heterocycles. The van der Waals surface area contributed by atoms with Crippen molar-refractivity contribution in [2.24, 2.45) is 0 Å². The molecule has 0 radical (unpaired) electrons. The first kappa shape index (κ1) is 25.9. The lowest BCUT2D eigenvalue weighted by Crippen LogP contribution is -2.46. The smallest absolute Gasteiger partial charge is 0.272 e. The minimum atomic E-state index is -0.598.